The third-order valence-corrected chi connectivity index (χ3v) is 3.66. The van der Waals surface area contributed by atoms with Gasteiger partial charge in [-0.25, -0.2) is 4.79 Å². The van der Waals surface area contributed by atoms with Crippen molar-refractivity contribution in [1.82, 2.24) is 0 Å². The molecule has 19 heavy (non-hydrogen) atoms. The molecule has 0 amide bonds. The monoisotopic (exact) mass is 264 g/mol. The lowest BCUT2D eigenvalue weighted by atomic mass is 9.85. The molecule has 0 bridgehead atoms. The van der Waals surface area contributed by atoms with Crippen LogP contribution in [0.15, 0.2) is 35.5 Å². The minimum Gasteiger partial charge on any atom is -0.454 e. The van der Waals surface area contributed by atoms with Crippen molar-refractivity contribution in [1.29, 1.82) is 0 Å². The summed E-state index contributed by atoms with van der Waals surface area (Å²) < 4.78 is 5.24. The average molecular weight is 264 g/mol. The van der Waals surface area contributed by atoms with E-state index in [4.69, 9.17) is 4.74 Å². The smallest absolute Gasteiger partial charge is 0.334 e. The number of aliphatic hydroxyl groups is 2. The molecule has 4 atom stereocenters. The van der Waals surface area contributed by atoms with Crippen molar-refractivity contribution in [3.63, 3.8) is 0 Å². The van der Waals surface area contributed by atoms with Gasteiger partial charge in [0.2, 0.25) is 0 Å². The zero-order valence-electron chi connectivity index (χ0n) is 11.3. The number of rotatable bonds is 0. The van der Waals surface area contributed by atoms with Crippen LogP contribution in [0.25, 0.3) is 0 Å². The van der Waals surface area contributed by atoms with Crippen molar-refractivity contribution in [2.75, 3.05) is 0 Å². The minimum absolute atomic E-state index is 0.329. The summed E-state index contributed by atoms with van der Waals surface area (Å²) >= 11 is 0. The number of carbonyl (C=O) groups excluding carboxylic acids is 1. The van der Waals surface area contributed by atoms with Crippen LogP contribution >= 0.6 is 0 Å². The maximum absolute atomic E-state index is 11.6. The van der Waals surface area contributed by atoms with Crippen LogP contribution in [-0.2, 0) is 9.53 Å². The van der Waals surface area contributed by atoms with E-state index in [9.17, 15) is 15.0 Å². The van der Waals surface area contributed by atoms with Crippen LogP contribution in [0.4, 0.5) is 0 Å². The molecule has 4 nitrogen and oxygen atoms in total. The standard InChI is InChI=1S/C15H20O4/c1-8-4-11(16)5-9(2)7-13-14(12(17)6-8)10(3)15(18)19-13/h4,7,11-14,16-17H,3,5-6H2,1-2H3/b8-4-,9-7-/t11-,12+,13+,14+/m0/s1. The first-order valence-corrected chi connectivity index (χ1v) is 6.49. The lowest BCUT2D eigenvalue weighted by Crippen LogP contribution is -2.29. The average Bonchev–Trinajstić information content (AvgIpc) is 2.52. The number of hydrogen-bond acceptors (Lipinski definition) is 4. The molecular weight excluding hydrogens is 244 g/mol. The molecule has 2 aliphatic rings. The van der Waals surface area contributed by atoms with Crippen LogP contribution in [-0.4, -0.2) is 34.5 Å². The van der Waals surface area contributed by atoms with Crippen LogP contribution in [0.5, 0.6) is 0 Å². The number of hydrogen-bond donors (Lipinski definition) is 2. The maximum atomic E-state index is 11.6. The number of carbonyl (C=O) groups is 1. The molecule has 0 radical (unpaired) electrons. The normalized spacial score (nSPS) is 41.7. The third kappa shape index (κ3) is 2.96. The number of ether oxygens (including phenoxy) is 1. The number of esters is 1. The Kier molecular flexibility index (Phi) is 3.92. The molecule has 4 heteroatoms. The molecule has 1 saturated heterocycles. The van der Waals surface area contributed by atoms with Gasteiger partial charge in [0.05, 0.1) is 18.1 Å². The Morgan fingerprint density at radius 3 is 2.53 bits per heavy atom. The summed E-state index contributed by atoms with van der Waals surface area (Å²) in [6.07, 6.45) is 2.69. The third-order valence-electron chi connectivity index (χ3n) is 3.66. The molecule has 0 saturated carbocycles. The molecule has 0 spiro atoms. The van der Waals surface area contributed by atoms with Crippen LogP contribution in [0.1, 0.15) is 26.7 Å². The first-order valence-electron chi connectivity index (χ1n) is 6.49. The summed E-state index contributed by atoms with van der Waals surface area (Å²) in [5.41, 5.74) is 2.17. The quantitative estimate of drug-likeness (QED) is 0.395. The van der Waals surface area contributed by atoms with Crippen molar-refractivity contribution in [2.45, 2.75) is 45.0 Å². The Hall–Kier alpha value is -1.39. The molecule has 0 aromatic heterocycles. The van der Waals surface area contributed by atoms with E-state index >= 15 is 0 Å². The summed E-state index contributed by atoms with van der Waals surface area (Å²) in [6, 6.07) is 0. The summed E-state index contributed by atoms with van der Waals surface area (Å²) in [5, 5.41) is 20.2. The number of aliphatic hydroxyl groups excluding tert-OH is 2. The first-order chi connectivity index (χ1) is 8.88. The fourth-order valence-corrected chi connectivity index (χ4v) is 2.79. The predicted octanol–water partition coefficient (Wildman–Crippen LogP) is 1.49. The predicted molar refractivity (Wildman–Crippen MR) is 71.3 cm³/mol. The van der Waals surface area contributed by atoms with E-state index in [2.05, 4.69) is 6.58 Å². The molecule has 104 valence electrons. The van der Waals surface area contributed by atoms with E-state index in [0.29, 0.717) is 18.4 Å². The fourth-order valence-electron chi connectivity index (χ4n) is 2.79. The SMILES string of the molecule is C=C1C(=O)O[C@@H]2/C=C(/C)C[C@@H](O)/C=C(/C)C[C@@H](O)[C@@H]12. The van der Waals surface area contributed by atoms with Crippen molar-refractivity contribution >= 4 is 5.97 Å². The van der Waals surface area contributed by atoms with Crippen LogP contribution in [0.2, 0.25) is 0 Å². The van der Waals surface area contributed by atoms with Crippen LogP contribution in [0.3, 0.4) is 0 Å². The Bertz CT molecular complexity index is 461. The van der Waals surface area contributed by atoms with E-state index in [0.717, 1.165) is 11.1 Å². The van der Waals surface area contributed by atoms with Gasteiger partial charge in [0.25, 0.3) is 0 Å². The van der Waals surface area contributed by atoms with E-state index in [1.807, 2.05) is 19.9 Å². The molecule has 2 rings (SSSR count). The Balaban J connectivity index is 2.36. The zero-order chi connectivity index (χ0) is 14.2. The summed E-state index contributed by atoms with van der Waals surface area (Å²) in [6.45, 7) is 7.47. The van der Waals surface area contributed by atoms with E-state index in [1.54, 1.807) is 6.08 Å². The largest absolute Gasteiger partial charge is 0.454 e. The summed E-state index contributed by atoms with van der Waals surface area (Å²) in [7, 11) is 0. The zero-order valence-corrected chi connectivity index (χ0v) is 11.3. The van der Waals surface area contributed by atoms with Crippen molar-refractivity contribution in [2.24, 2.45) is 5.92 Å². The highest BCUT2D eigenvalue weighted by Gasteiger charge is 2.42. The van der Waals surface area contributed by atoms with Crippen molar-refractivity contribution in [3.05, 3.63) is 35.5 Å². The summed E-state index contributed by atoms with van der Waals surface area (Å²) in [5.74, 6) is -0.847. The van der Waals surface area contributed by atoms with Crippen molar-refractivity contribution < 1.29 is 19.7 Å². The second kappa shape index (κ2) is 5.31. The van der Waals surface area contributed by atoms with Gasteiger partial charge in [-0.05, 0) is 32.8 Å². The number of fused-ring (bicyclic) bond motifs is 1. The van der Waals surface area contributed by atoms with Crippen molar-refractivity contribution in [3.8, 4) is 0 Å². The van der Waals surface area contributed by atoms with Crippen LogP contribution < -0.4 is 0 Å². The fraction of sp³-hybridized carbons (Fsp3) is 0.533. The second-order valence-corrected chi connectivity index (χ2v) is 5.49. The highest BCUT2D eigenvalue weighted by atomic mass is 16.6. The van der Waals surface area contributed by atoms with Gasteiger partial charge in [-0.1, -0.05) is 23.8 Å². The Labute approximate surface area is 113 Å². The highest BCUT2D eigenvalue weighted by Crippen LogP contribution is 2.34. The van der Waals surface area contributed by atoms with E-state index < -0.39 is 30.2 Å². The second-order valence-electron chi connectivity index (χ2n) is 5.49. The lowest BCUT2D eigenvalue weighted by molar-refractivity contribution is -0.137. The molecule has 1 aliphatic carbocycles. The lowest BCUT2D eigenvalue weighted by Gasteiger charge is -2.23. The molecule has 0 unspecified atom stereocenters. The highest BCUT2D eigenvalue weighted by molar-refractivity contribution is 5.91. The molecule has 2 N–H and O–H groups in total. The molecule has 1 aliphatic heterocycles. The van der Waals surface area contributed by atoms with Crippen LogP contribution in [0, 0.1) is 5.92 Å². The van der Waals surface area contributed by atoms with Gasteiger partial charge in [-0.2, -0.15) is 0 Å². The van der Waals surface area contributed by atoms with Gasteiger partial charge in [0, 0.05) is 5.57 Å². The molecular formula is C15H20O4. The van der Waals surface area contributed by atoms with Gasteiger partial charge in [-0.15, -0.1) is 0 Å². The van der Waals surface area contributed by atoms with Gasteiger partial charge >= 0.3 is 5.97 Å². The molecule has 1 heterocycles. The van der Waals surface area contributed by atoms with Gasteiger partial charge in [0.1, 0.15) is 6.10 Å². The topological polar surface area (TPSA) is 66.8 Å². The summed E-state index contributed by atoms with van der Waals surface area (Å²) in [4.78, 5) is 11.6. The first kappa shape index (κ1) is 14.0. The van der Waals surface area contributed by atoms with Gasteiger partial charge < -0.3 is 14.9 Å². The molecule has 0 aromatic rings. The molecule has 0 aromatic carbocycles. The van der Waals surface area contributed by atoms with Gasteiger partial charge in [-0.3, -0.25) is 0 Å². The Morgan fingerprint density at radius 1 is 1.21 bits per heavy atom. The Morgan fingerprint density at radius 2 is 1.84 bits per heavy atom. The van der Waals surface area contributed by atoms with Gasteiger partial charge in [0.15, 0.2) is 0 Å². The molecule has 1 fully saturated rings. The van der Waals surface area contributed by atoms with E-state index in [-0.39, 0.29) is 0 Å². The van der Waals surface area contributed by atoms with E-state index in [1.165, 1.54) is 0 Å². The minimum atomic E-state index is -0.727. The maximum Gasteiger partial charge on any atom is 0.334 e.